The number of hydrogen-bond acceptors (Lipinski definition) is 4. The van der Waals surface area contributed by atoms with Crippen LogP contribution in [-0.4, -0.2) is 17.9 Å². The molecule has 0 saturated carbocycles. The van der Waals surface area contributed by atoms with E-state index >= 15 is 0 Å². The number of methoxy groups -OCH3 is 1. The number of carbonyl (C=O) groups is 1. The van der Waals surface area contributed by atoms with Crippen LogP contribution in [0, 0.1) is 0 Å². The molecule has 1 amide bonds. The molecule has 0 radical (unpaired) electrons. The van der Waals surface area contributed by atoms with Gasteiger partial charge in [-0.25, -0.2) is 0 Å². The first-order valence-corrected chi connectivity index (χ1v) is 11.0. The third-order valence-electron chi connectivity index (χ3n) is 4.62. The van der Waals surface area contributed by atoms with E-state index in [0.29, 0.717) is 12.1 Å². The number of carbonyl (C=O) groups excluding carboxylic acids is 1. The second kappa shape index (κ2) is 7.90. The summed E-state index contributed by atoms with van der Waals surface area (Å²) in [5.74, 6) is 0.864. The van der Waals surface area contributed by atoms with Crippen LogP contribution in [-0.2, 0) is 11.0 Å². The number of alkyl halides is 1. The van der Waals surface area contributed by atoms with Crippen LogP contribution >= 0.6 is 33.9 Å². The average molecular weight is 490 g/mol. The summed E-state index contributed by atoms with van der Waals surface area (Å²) in [5, 5.41) is 3.56. The lowest BCUT2D eigenvalue weighted by Crippen LogP contribution is -2.42. The van der Waals surface area contributed by atoms with Crippen LogP contribution in [0.2, 0.25) is 0 Å². The third-order valence-corrected chi connectivity index (χ3v) is 7.09. The number of halogens is 1. The topological polar surface area (TPSA) is 41.6 Å². The predicted molar refractivity (Wildman–Crippen MR) is 118 cm³/mol. The molecule has 1 N–H and O–H groups in total. The minimum absolute atomic E-state index is 0.0505. The molecule has 3 aromatic rings. The Morgan fingerprint density at radius 3 is 2.59 bits per heavy atom. The van der Waals surface area contributed by atoms with Gasteiger partial charge in [0.1, 0.15) is 11.9 Å². The average Bonchev–Trinajstić information content (AvgIpc) is 3.19. The van der Waals surface area contributed by atoms with Crippen molar-refractivity contribution in [2.45, 2.75) is 17.1 Å². The molecule has 138 valence electrons. The number of nitrogens with zero attached hydrogens (tertiary/aromatic N) is 1. The van der Waals surface area contributed by atoms with Gasteiger partial charge < -0.3 is 15.0 Å². The smallest absolute Gasteiger partial charge is 0.258 e. The Morgan fingerprint density at radius 2 is 1.89 bits per heavy atom. The number of thiophene rings is 1. The van der Waals surface area contributed by atoms with E-state index in [-0.39, 0.29) is 12.1 Å². The van der Waals surface area contributed by atoms with E-state index in [1.54, 1.807) is 18.4 Å². The highest BCUT2D eigenvalue weighted by Gasteiger charge is 2.33. The number of fused-ring (bicyclic) bond motifs is 1. The zero-order valence-corrected chi connectivity index (χ0v) is 17.8. The molecule has 0 fully saturated rings. The Labute approximate surface area is 176 Å². The van der Waals surface area contributed by atoms with Crippen LogP contribution in [0.5, 0.6) is 5.75 Å². The molecule has 1 unspecified atom stereocenters. The summed E-state index contributed by atoms with van der Waals surface area (Å²) in [6.07, 6.45) is -0.170. The molecule has 4 rings (SSSR count). The first-order valence-electron chi connectivity index (χ1n) is 8.63. The van der Waals surface area contributed by atoms with Crippen molar-refractivity contribution in [2.24, 2.45) is 0 Å². The summed E-state index contributed by atoms with van der Waals surface area (Å²) in [7, 11) is 1.65. The van der Waals surface area contributed by atoms with E-state index in [2.05, 4.69) is 40.0 Å². The number of nitrogens with one attached hydrogen (secondary N) is 1. The minimum atomic E-state index is -0.170. The fourth-order valence-corrected chi connectivity index (χ4v) is 4.87. The standard InChI is InChI=1S/C21H19IN2O2S/c1-26-15-8-6-14(7-9-15)13-24-20(19-11-10-16(12-22)27-19)23-18-5-3-2-4-17(18)21(24)25/h2-11,20,23H,12-13H2,1H3. The second-order valence-electron chi connectivity index (χ2n) is 6.31. The van der Waals surface area contributed by atoms with Crippen LogP contribution in [0.3, 0.4) is 0 Å². The van der Waals surface area contributed by atoms with Gasteiger partial charge in [0.05, 0.1) is 12.7 Å². The number of rotatable bonds is 5. The van der Waals surface area contributed by atoms with E-state index in [1.165, 1.54) is 4.88 Å². The van der Waals surface area contributed by atoms with Crippen molar-refractivity contribution in [2.75, 3.05) is 12.4 Å². The van der Waals surface area contributed by atoms with Crippen molar-refractivity contribution in [3.63, 3.8) is 0 Å². The summed E-state index contributed by atoms with van der Waals surface area (Å²) in [5.41, 5.74) is 2.68. The van der Waals surface area contributed by atoms with Gasteiger partial charge in [0, 0.05) is 26.4 Å². The third kappa shape index (κ3) is 3.68. The van der Waals surface area contributed by atoms with E-state index in [9.17, 15) is 4.79 Å². The summed E-state index contributed by atoms with van der Waals surface area (Å²) < 4.78 is 6.21. The maximum absolute atomic E-state index is 13.3. The fourth-order valence-electron chi connectivity index (χ4n) is 3.22. The summed E-state index contributed by atoms with van der Waals surface area (Å²) in [6, 6.07) is 19.9. The zero-order valence-electron chi connectivity index (χ0n) is 14.8. The normalized spacial score (nSPS) is 16.0. The number of amides is 1. The second-order valence-corrected chi connectivity index (χ2v) is 8.27. The van der Waals surface area contributed by atoms with Crippen LogP contribution in [0.15, 0.2) is 60.7 Å². The molecule has 2 heterocycles. The maximum Gasteiger partial charge on any atom is 0.258 e. The van der Waals surface area contributed by atoms with Gasteiger partial charge in [-0.3, -0.25) is 4.79 Å². The molecule has 1 aromatic heterocycles. The lowest BCUT2D eigenvalue weighted by molar-refractivity contribution is 0.0669. The number of para-hydroxylation sites is 1. The van der Waals surface area contributed by atoms with Crippen LogP contribution in [0.25, 0.3) is 0 Å². The highest BCUT2D eigenvalue weighted by Crippen LogP contribution is 2.37. The van der Waals surface area contributed by atoms with Gasteiger partial charge in [0.2, 0.25) is 0 Å². The van der Waals surface area contributed by atoms with E-state index in [1.807, 2.05) is 53.4 Å². The molecule has 2 aromatic carbocycles. The number of hydrogen-bond donors (Lipinski definition) is 1. The zero-order chi connectivity index (χ0) is 18.8. The van der Waals surface area contributed by atoms with Gasteiger partial charge in [-0.2, -0.15) is 0 Å². The van der Waals surface area contributed by atoms with Gasteiger partial charge in [-0.15, -0.1) is 11.3 Å². The van der Waals surface area contributed by atoms with Crippen molar-refractivity contribution < 1.29 is 9.53 Å². The van der Waals surface area contributed by atoms with Gasteiger partial charge in [0.15, 0.2) is 0 Å². The highest BCUT2D eigenvalue weighted by atomic mass is 127. The quantitative estimate of drug-likeness (QED) is 0.382. The Hall–Kier alpha value is -2.06. The SMILES string of the molecule is COc1ccc(CN2C(=O)c3ccccc3NC2c2ccc(CI)s2)cc1. The molecule has 6 heteroatoms. The Morgan fingerprint density at radius 1 is 1.11 bits per heavy atom. The van der Waals surface area contributed by atoms with Gasteiger partial charge >= 0.3 is 0 Å². The van der Waals surface area contributed by atoms with E-state index in [0.717, 1.165) is 26.3 Å². The van der Waals surface area contributed by atoms with E-state index < -0.39 is 0 Å². The molecule has 4 nitrogen and oxygen atoms in total. The Balaban J connectivity index is 1.70. The summed E-state index contributed by atoms with van der Waals surface area (Å²) >= 11 is 4.12. The fraction of sp³-hybridized carbons (Fsp3) is 0.190. The van der Waals surface area contributed by atoms with E-state index in [4.69, 9.17) is 4.74 Å². The molecular formula is C21H19IN2O2S. The number of anilines is 1. The van der Waals surface area contributed by atoms with Gasteiger partial charge in [-0.05, 0) is 42.0 Å². The molecule has 1 atom stereocenters. The molecule has 1 aliphatic rings. The van der Waals surface area contributed by atoms with Crippen LogP contribution < -0.4 is 10.1 Å². The van der Waals surface area contributed by atoms with Crippen molar-refractivity contribution in [1.82, 2.24) is 4.90 Å². The van der Waals surface area contributed by atoms with Crippen LogP contribution in [0.1, 0.15) is 31.8 Å². The molecular weight excluding hydrogens is 471 g/mol. The predicted octanol–water partition coefficient (Wildman–Crippen LogP) is 5.46. The van der Waals surface area contributed by atoms with Crippen molar-refractivity contribution in [3.8, 4) is 5.75 Å². The summed E-state index contributed by atoms with van der Waals surface area (Å²) in [4.78, 5) is 17.6. The Bertz CT molecular complexity index is 955. The lowest BCUT2D eigenvalue weighted by atomic mass is 10.1. The maximum atomic E-state index is 13.3. The monoisotopic (exact) mass is 490 g/mol. The van der Waals surface area contributed by atoms with Crippen molar-refractivity contribution in [3.05, 3.63) is 81.5 Å². The van der Waals surface area contributed by atoms with Crippen molar-refractivity contribution in [1.29, 1.82) is 0 Å². The lowest BCUT2D eigenvalue weighted by Gasteiger charge is -2.37. The highest BCUT2D eigenvalue weighted by molar-refractivity contribution is 14.1. The number of benzene rings is 2. The molecule has 0 spiro atoms. The van der Waals surface area contributed by atoms with Crippen LogP contribution in [0.4, 0.5) is 5.69 Å². The summed E-state index contributed by atoms with van der Waals surface area (Å²) in [6.45, 7) is 0.534. The molecule has 0 aliphatic carbocycles. The largest absolute Gasteiger partial charge is 0.497 e. The minimum Gasteiger partial charge on any atom is -0.497 e. The molecule has 0 bridgehead atoms. The van der Waals surface area contributed by atoms with Gasteiger partial charge in [0.25, 0.3) is 5.91 Å². The molecule has 27 heavy (non-hydrogen) atoms. The number of ether oxygens (including phenoxy) is 1. The van der Waals surface area contributed by atoms with Crippen molar-refractivity contribution >= 4 is 45.5 Å². The first kappa shape index (κ1) is 18.3. The Kier molecular flexibility index (Phi) is 5.36. The van der Waals surface area contributed by atoms with Gasteiger partial charge in [-0.1, -0.05) is 46.9 Å². The molecule has 0 saturated heterocycles. The molecule has 1 aliphatic heterocycles. The first-order chi connectivity index (χ1) is 13.2.